The van der Waals surface area contributed by atoms with E-state index in [1.165, 1.54) is 385 Å². The number of quaternary nitrogens is 1. The molecule has 10 heteroatoms. The van der Waals surface area contributed by atoms with E-state index >= 15 is 0 Å². The first-order valence-corrected chi connectivity index (χ1v) is 42.9. The summed E-state index contributed by atoms with van der Waals surface area (Å²) in [4.78, 5) is 36.0. The summed E-state index contributed by atoms with van der Waals surface area (Å²) in [5, 5.41) is 0. The molecule has 0 saturated carbocycles. The van der Waals surface area contributed by atoms with E-state index in [2.05, 4.69) is 26.0 Å². The van der Waals surface area contributed by atoms with E-state index in [-0.39, 0.29) is 25.6 Å². The van der Waals surface area contributed by atoms with Crippen molar-refractivity contribution in [3.05, 3.63) is 12.2 Å². The van der Waals surface area contributed by atoms with E-state index < -0.39 is 26.5 Å². The van der Waals surface area contributed by atoms with Gasteiger partial charge in [0.05, 0.1) is 27.7 Å². The number of phosphoric ester groups is 1. The second-order valence-corrected chi connectivity index (χ2v) is 31.3. The van der Waals surface area contributed by atoms with Crippen LogP contribution in [0.15, 0.2) is 12.2 Å². The minimum absolute atomic E-state index is 0.0368. The first kappa shape index (κ1) is 90.8. The third-order valence-corrected chi connectivity index (χ3v) is 20.3. The van der Waals surface area contributed by atoms with Crippen LogP contribution in [0.5, 0.6) is 0 Å². The van der Waals surface area contributed by atoms with Crippen LogP contribution >= 0.6 is 7.82 Å². The van der Waals surface area contributed by atoms with Gasteiger partial charge in [0.25, 0.3) is 0 Å². The number of ether oxygens (including phenoxy) is 2. The topological polar surface area (TPSA) is 108 Å². The van der Waals surface area contributed by atoms with Gasteiger partial charge in [-0.1, -0.05) is 411 Å². The molecule has 0 bridgehead atoms. The number of hydrogen-bond acceptors (Lipinski definition) is 7. The lowest BCUT2D eigenvalue weighted by Crippen LogP contribution is -2.37. The molecule has 9 nitrogen and oxygen atoms in total. The number of carbonyl (C=O) groups excluding carboxylic acids is 2. The molecule has 0 aliphatic rings. The number of unbranched alkanes of at least 4 members (excludes halogenated alkanes) is 63. The maximum Gasteiger partial charge on any atom is 0.472 e. The number of esters is 2. The zero-order chi connectivity index (χ0) is 66.9. The third kappa shape index (κ3) is 77.8. The molecule has 0 spiro atoms. The van der Waals surface area contributed by atoms with Gasteiger partial charge in [0.15, 0.2) is 6.10 Å². The molecule has 0 aromatic rings. The maximum atomic E-state index is 12.9. The van der Waals surface area contributed by atoms with E-state index in [0.29, 0.717) is 17.4 Å². The van der Waals surface area contributed by atoms with Gasteiger partial charge in [-0.15, -0.1) is 0 Å². The number of allylic oxidation sites excluding steroid dienone is 2. The molecule has 92 heavy (non-hydrogen) atoms. The summed E-state index contributed by atoms with van der Waals surface area (Å²) in [7, 11) is 1.51. The Labute approximate surface area is 575 Å². The van der Waals surface area contributed by atoms with Crippen LogP contribution in [-0.4, -0.2) is 74.9 Å². The normalized spacial score (nSPS) is 13.0. The quantitative estimate of drug-likeness (QED) is 0.0211. The van der Waals surface area contributed by atoms with E-state index in [4.69, 9.17) is 18.5 Å². The highest BCUT2D eigenvalue weighted by molar-refractivity contribution is 7.47. The van der Waals surface area contributed by atoms with Crippen molar-refractivity contribution in [3.63, 3.8) is 0 Å². The molecule has 0 fully saturated rings. The van der Waals surface area contributed by atoms with Crippen LogP contribution in [0.3, 0.4) is 0 Å². The van der Waals surface area contributed by atoms with E-state index in [1.54, 1.807) is 0 Å². The van der Waals surface area contributed by atoms with Crippen LogP contribution in [0.25, 0.3) is 0 Å². The number of phosphoric acid groups is 1. The first-order chi connectivity index (χ1) is 45.0. The number of carbonyl (C=O) groups is 2. The SMILES string of the molecule is CCCCCCCCCC/C=C\CCCCCCCCCCCCCCCCCCCCCC(=O)OC(COC(=O)CCCCCCCCCCCCCCCCCCCCCCCCCCCCCCCCCCCCCCC)COP(=O)(O)OCC[N+](C)(C)C. The summed E-state index contributed by atoms with van der Waals surface area (Å²) in [5.41, 5.74) is 0. The second-order valence-electron chi connectivity index (χ2n) is 29.9. The summed E-state index contributed by atoms with van der Waals surface area (Å²) in [5.74, 6) is -0.766. The molecule has 0 aliphatic heterocycles. The summed E-state index contributed by atoms with van der Waals surface area (Å²) < 4.78 is 34.9. The molecule has 0 aromatic carbocycles. The van der Waals surface area contributed by atoms with Crippen molar-refractivity contribution in [2.45, 2.75) is 457 Å². The van der Waals surface area contributed by atoms with Crippen LogP contribution in [0.2, 0.25) is 0 Å². The van der Waals surface area contributed by atoms with Gasteiger partial charge in [0.1, 0.15) is 19.8 Å². The van der Waals surface area contributed by atoms with Crippen LogP contribution in [-0.2, 0) is 32.7 Å². The fraction of sp³-hybridized carbons (Fsp3) is 0.951. The molecule has 0 saturated heterocycles. The first-order valence-electron chi connectivity index (χ1n) is 41.4. The van der Waals surface area contributed by atoms with E-state index in [1.807, 2.05) is 21.1 Å². The average Bonchev–Trinajstić information content (AvgIpc) is 2.14. The highest BCUT2D eigenvalue weighted by Crippen LogP contribution is 2.43. The van der Waals surface area contributed by atoms with Gasteiger partial charge in [-0.2, -0.15) is 0 Å². The standard InChI is InChI=1S/C82H162NO8P/c1-6-8-10-12-14-16-18-20-22-24-26-28-30-32-34-36-38-39-40-41-42-43-45-46-48-50-52-54-56-58-60-62-64-66-68-70-72-74-81(84)88-78-80(79-90-92(86,87)89-77-76-83(3,4)5)91-82(85)75-73-71-69-67-65-63-61-59-57-55-53-51-49-47-44-37-35-33-31-29-27-25-23-21-19-17-15-13-11-9-7-2/h25,27,80H,6-24,26,28-79H2,1-5H3/p+1/b27-25-. The largest absolute Gasteiger partial charge is 0.472 e. The highest BCUT2D eigenvalue weighted by Gasteiger charge is 2.27. The lowest BCUT2D eigenvalue weighted by atomic mass is 10.0. The highest BCUT2D eigenvalue weighted by atomic mass is 31.2. The van der Waals surface area contributed by atoms with Gasteiger partial charge in [0.2, 0.25) is 0 Å². The average molecular weight is 1320 g/mol. The summed E-state index contributed by atoms with van der Waals surface area (Å²) in [6.07, 6.45) is 93.8. The van der Waals surface area contributed by atoms with Gasteiger partial charge in [-0.05, 0) is 38.5 Å². The third-order valence-electron chi connectivity index (χ3n) is 19.3. The lowest BCUT2D eigenvalue weighted by molar-refractivity contribution is -0.870. The molecule has 0 rings (SSSR count). The van der Waals surface area contributed by atoms with Gasteiger partial charge in [-0.3, -0.25) is 18.6 Å². The van der Waals surface area contributed by atoms with Gasteiger partial charge in [0, 0.05) is 12.8 Å². The zero-order valence-corrected chi connectivity index (χ0v) is 63.7. The van der Waals surface area contributed by atoms with Crippen LogP contribution in [0.1, 0.15) is 450 Å². The molecule has 0 aliphatic carbocycles. The minimum Gasteiger partial charge on any atom is -0.462 e. The molecule has 2 unspecified atom stereocenters. The Balaban J connectivity index is 3.87. The number of likely N-dealkylation sites (N-methyl/N-ethyl adjacent to an activating group) is 1. The molecule has 548 valence electrons. The Hall–Kier alpha value is -1.25. The molecular formula is C82H163NO8P+. The lowest BCUT2D eigenvalue weighted by Gasteiger charge is -2.24. The monoisotopic (exact) mass is 1320 g/mol. The molecule has 0 radical (unpaired) electrons. The van der Waals surface area contributed by atoms with E-state index in [0.717, 1.165) is 38.5 Å². The predicted molar refractivity (Wildman–Crippen MR) is 400 cm³/mol. The molecule has 1 N–H and O–H groups in total. The Kier molecular flexibility index (Phi) is 73.0. The van der Waals surface area contributed by atoms with Crippen molar-refractivity contribution >= 4 is 19.8 Å². The Bertz CT molecular complexity index is 1550. The Morgan fingerprint density at radius 3 is 0.804 bits per heavy atom. The Morgan fingerprint density at radius 2 is 0.554 bits per heavy atom. The van der Waals surface area contributed by atoms with Crippen LogP contribution < -0.4 is 0 Å². The van der Waals surface area contributed by atoms with Crippen LogP contribution in [0, 0.1) is 0 Å². The summed E-state index contributed by atoms with van der Waals surface area (Å²) >= 11 is 0. The van der Waals surface area contributed by atoms with Crippen molar-refractivity contribution in [2.75, 3.05) is 47.5 Å². The van der Waals surface area contributed by atoms with Crippen LogP contribution in [0.4, 0.5) is 0 Å². The maximum absolute atomic E-state index is 12.9. The van der Waals surface area contributed by atoms with Crippen molar-refractivity contribution in [1.29, 1.82) is 0 Å². The molecular weight excluding hydrogens is 1160 g/mol. The van der Waals surface area contributed by atoms with Crippen molar-refractivity contribution < 1.29 is 42.1 Å². The smallest absolute Gasteiger partial charge is 0.462 e. The van der Waals surface area contributed by atoms with Crippen molar-refractivity contribution in [2.24, 2.45) is 0 Å². The number of nitrogens with zero attached hydrogens (tertiary/aromatic N) is 1. The molecule has 0 heterocycles. The predicted octanol–water partition coefficient (Wildman–Crippen LogP) is 27.4. The number of hydrogen-bond donors (Lipinski definition) is 1. The van der Waals surface area contributed by atoms with Gasteiger partial charge in [-0.25, -0.2) is 4.57 Å². The van der Waals surface area contributed by atoms with Crippen molar-refractivity contribution in [3.8, 4) is 0 Å². The summed E-state index contributed by atoms with van der Waals surface area (Å²) in [6.45, 7) is 4.54. The van der Waals surface area contributed by atoms with Gasteiger partial charge < -0.3 is 18.9 Å². The fourth-order valence-corrected chi connectivity index (χ4v) is 13.7. The molecule has 2 atom stereocenters. The minimum atomic E-state index is -4.39. The zero-order valence-electron chi connectivity index (χ0n) is 62.8. The van der Waals surface area contributed by atoms with Gasteiger partial charge >= 0.3 is 19.8 Å². The summed E-state index contributed by atoms with van der Waals surface area (Å²) in [6, 6.07) is 0. The van der Waals surface area contributed by atoms with E-state index in [9.17, 15) is 19.0 Å². The fourth-order valence-electron chi connectivity index (χ4n) is 13.0. The number of rotatable bonds is 79. The second kappa shape index (κ2) is 74.0. The van der Waals surface area contributed by atoms with Crippen molar-refractivity contribution in [1.82, 2.24) is 0 Å². The molecule has 0 aromatic heterocycles. The Morgan fingerprint density at radius 1 is 0.326 bits per heavy atom. The molecule has 0 amide bonds.